The number of ether oxygens (including phenoxy) is 1. The Bertz CT molecular complexity index is 192. The van der Waals surface area contributed by atoms with Gasteiger partial charge in [-0.15, -0.1) is 0 Å². The average Bonchev–Trinajstić information content (AvgIpc) is 1.85. The van der Waals surface area contributed by atoms with Crippen molar-refractivity contribution in [2.45, 2.75) is 19.4 Å². The van der Waals surface area contributed by atoms with Crippen LogP contribution in [-0.4, -0.2) is 12.7 Å². The largest absolute Gasteiger partial charge is 0.370 e. The summed E-state index contributed by atoms with van der Waals surface area (Å²) in [6, 6.07) is 0. The van der Waals surface area contributed by atoms with Crippen molar-refractivity contribution in [1.82, 2.24) is 0 Å². The number of rotatable bonds is 1. The van der Waals surface area contributed by atoms with Crippen molar-refractivity contribution in [2.24, 2.45) is 0 Å². The van der Waals surface area contributed by atoms with Gasteiger partial charge in [0.15, 0.2) is 0 Å². The van der Waals surface area contributed by atoms with Gasteiger partial charge in [0.25, 0.3) is 0 Å². The Morgan fingerprint density at radius 2 is 2.45 bits per heavy atom. The molecule has 0 radical (unpaired) electrons. The first-order chi connectivity index (χ1) is 5.18. The monoisotopic (exact) mass is 280 g/mol. The van der Waals surface area contributed by atoms with Crippen LogP contribution in [0.3, 0.4) is 0 Å². The zero-order valence-corrected chi connectivity index (χ0v) is 9.48. The molecule has 1 aliphatic heterocycles. The molecular weight excluding hydrogens is 272 g/mol. The molecule has 0 N–H and O–H groups in total. The average molecular weight is 282 g/mol. The number of hydrogen-bond donors (Lipinski definition) is 0. The molecule has 0 aromatic rings. The third-order valence-electron chi connectivity index (χ3n) is 1.58. The maximum atomic E-state index is 5.45. The lowest BCUT2D eigenvalue weighted by molar-refractivity contribution is 0.0989. The molecule has 62 valence electrons. The highest BCUT2D eigenvalue weighted by Gasteiger charge is 2.10. The second kappa shape index (κ2) is 4.43. The Balaban J connectivity index is 2.51. The van der Waals surface area contributed by atoms with Gasteiger partial charge in [0.2, 0.25) is 0 Å². The summed E-state index contributed by atoms with van der Waals surface area (Å²) in [6.45, 7) is 2.87. The Labute approximate surface area is 83.8 Å². The van der Waals surface area contributed by atoms with Gasteiger partial charge < -0.3 is 4.74 Å². The van der Waals surface area contributed by atoms with Gasteiger partial charge in [0.1, 0.15) is 0 Å². The Hall–Kier alpha value is 0.400. The van der Waals surface area contributed by atoms with E-state index in [1.54, 1.807) is 0 Å². The van der Waals surface area contributed by atoms with E-state index >= 15 is 0 Å². The van der Waals surface area contributed by atoms with Gasteiger partial charge in [-0.25, -0.2) is 0 Å². The summed E-state index contributed by atoms with van der Waals surface area (Å²) < 4.78 is 6.41. The molecule has 1 aliphatic rings. The Morgan fingerprint density at radius 1 is 1.73 bits per heavy atom. The quantitative estimate of drug-likeness (QED) is 0.670. The zero-order chi connectivity index (χ0) is 8.27. The molecule has 0 spiro atoms. The highest BCUT2D eigenvalue weighted by Crippen LogP contribution is 2.20. The summed E-state index contributed by atoms with van der Waals surface area (Å²) in [4.78, 5) is 0. The molecule has 0 aliphatic carbocycles. The van der Waals surface area contributed by atoms with Crippen LogP contribution in [0.25, 0.3) is 0 Å². The predicted molar refractivity (Wildman–Crippen MR) is 54.1 cm³/mol. The molecule has 1 rings (SSSR count). The van der Waals surface area contributed by atoms with Crippen LogP contribution in [0.1, 0.15) is 13.3 Å². The normalized spacial score (nSPS) is 24.3. The Kier molecular flexibility index (Phi) is 3.82. The third kappa shape index (κ3) is 3.54. The van der Waals surface area contributed by atoms with E-state index in [4.69, 9.17) is 4.74 Å². The first kappa shape index (κ1) is 9.49. The minimum absolute atomic E-state index is 0.230. The molecule has 0 amide bonds. The van der Waals surface area contributed by atoms with E-state index in [2.05, 4.69) is 44.9 Å². The van der Waals surface area contributed by atoms with E-state index < -0.39 is 0 Å². The Morgan fingerprint density at radius 3 is 3.00 bits per heavy atom. The molecule has 0 saturated carbocycles. The van der Waals surface area contributed by atoms with E-state index in [-0.39, 0.29) is 6.10 Å². The second-order valence-electron chi connectivity index (χ2n) is 2.58. The van der Waals surface area contributed by atoms with Crippen molar-refractivity contribution < 1.29 is 4.74 Å². The van der Waals surface area contributed by atoms with Crippen molar-refractivity contribution in [3.05, 3.63) is 21.1 Å². The molecule has 1 heterocycles. The fraction of sp³-hybridized carbons (Fsp3) is 0.500. The van der Waals surface area contributed by atoms with Gasteiger partial charge in [-0.3, -0.25) is 0 Å². The summed E-state index contributed by atoms with van der Waals surface area (Å²) in [5.41, 5.74) is 1.40. The topological polar surface area (TPSA) is 9.23 Å². The molecule has 0 aromatic carbocycles. The van der Waals surface area contributed by atoms with Crippen LogP contribution in [0.4, 0.5) is 0 Å². The van der Waals surface area contributed by atoms with Crippen molar-refractivity contribution in [2.75, 3.05) is 6.61 Å². The molecule has 0 fully saturated rings. The summed E-state index contributed by atoms with van der Waals surface area (Å²) >= 11 is 6.62. The smallest absolute Gasteiger partial charge is 0.0815 e. The van der Waals surface area contributed by atoms with Gasteiger partial charge in [-0.2, -0.15) is 0 Å². The minimum Gasteiger partial charge on any atom is -0.370 e. The SMILES string of the molecule is CC1=CCO[C@H](C=C(Br)Br)C1. The molecule has 1 atom stereocenters. The van der Waals surface area contributed by atoms with Crippen molar-refractivity contribution in [1.29, 1.82) is 0 Å². The first-order valence-corrected chi connectivity index (χ1v) is 5.07. The standard InChI is InChI=1S/C8H10Br2O/c1-6-2-3-11-7(4-6)5-8(9)10/h2,5,7H,3-4H2,1H3/t7-/m0/s1. The van der Waals surface area contributed by atoms with Crippen LogP contribution in [0, 0.1) is 0 Å². The maximum Gasteiger partial charge on any atom is 0.0815 e. The molecule has 1 nitrogen and oxygen atoms in total. The lowest BCUT2D eigenvalue weighted by Gasteiger charge is -2.18. The highest BCUT2D eigenvalue weighted by molar-refractivity contribution is 9.28. The van der Waals surface area contributed by atoms with E-state index in [9.17, 15) is 0 Å². The van der Waals surface area contributed by atoms with Crippen LogP contribution in [0.15, 0.2) is 21.1 Å². The van der Waals surface area contributed by atoms with Gasteiger partial charge in [0, 0.05) is 0 Å². The van der Waals surface area contributed by atoms with Gasteiger partial charge in [-0.1, -0.05) is 11.6 Å². The zero-order valence-electron chi connectivity index (χ0n) is 6.31. The van der Waals surface area contributed by atoms with Crippen molar-refractivity contribution in [3.8, 4) is 0 Å². The molecule has 11 heavy (non-hydrogen) atoms. The van der Waals surface area contributed by atoms with Crippen LogP contribution < -0.4 is 0 Å². The molecule has 0 unspecified atom stereocenters. The first-order valence-electron chi connectivity index (χ1n) is 3.48. The van der Waals surface area contributed by atoms with Crippen molar-refractivity contribution in [3.63, 3.8) is 0 Å². The summed E-state index contributed by atoms with van der Waals surface area (Å²) in [5.74, 6) is 0. The summed E-state index contributed by atoms with van der Waals surface area (Å²) in [7, 11) is 0. The van der Waals surface area contributed by atoms with E-state index in [1.165, 1.54) is 5.57 Å². The lowest BCUT2D eigenvalue weighted by Crippen LogP contribution is -2.15. The molecule has 0 bridgehead atoms. The van der Waals surface area contributed by atoms with Gasteiger partial charge in [0.05, 0.1) is 16.1 Å². The highest BCUT2D eigenvalue weighted by atomic mass is 79.9. The predicted octanol–water partition coefficient (Wildman–Crippen LogP) is 3.35. The van der Waals surface area contributed by atoms with Crippen LogP contribution in [0.5, 0.6) is 0 Å². The molecule has 0 aromatic heterocycles. The molecule has 0 saturated heterocycles. The fourth-order valence-electron chi connectivity index (χ4n) is 1.02. The summed E-state index contributed by atoms with van der Waals surface area (Å²) in [5, 5.41) is 0. The number of hydrogen-bond acceptors (Lipinski definition) is 1. The van der Waals surface area contributed by atoms with Gasteiger partial charge >= 0.3 is 0 Å². The van der Waals surface area contributed by atoms with Crippen LogP contribution in [0.2, 0.25) is 0 Å². The second-order valence-corrected chi connectivity index (χ2v) is 5.36. The maximum absolute atomic E-state index is 5.45. The fourth-order valence-corrected chi connectivity index (χ4v) is 1.61. The van der Waals surface area contributed by atoms with E-state index in [0.717, 1.165) is 16.4 Å². The third-order valence-corrected chi connectivity index (χ3v) is 2.11. The van der Waals surface area contributed by atoms with Crippen molar-refractivity contribution >= 4 is 31.9 Å². The molecule has 3 heteroatoms. The van der Waals surface area contributed by atoms with Gasteiger partial charge in [-0.05, 0) is 51.3 Å². The number of halogens is 2. The molecular formula is C8H10Br2O. The summed E-state index contributed by atoms with van der Waals surface area (Å²) in [6.07, 6.45) is 5.37. The lowest BCUT2D eigenvalue weighted by atomic mass is 10.1. The van der Waals surface area contributed by atoms with E-state index in [1.807, 2.05) is 6.08 Å². The van der Waals surface area contributed by atoms with E-state index in [0.29, 0.717) is 0 Å². The minimum atomic E-state index is 0.230. The van der Waals surface area contributed by atoms with Crippen LogP contribution in [-0.2, 0) is 4.74 Å². The van der Waals surface area contributed by atoms with Crippen LogP contribution >= 0.6 is 31.9 Å².